The van der Waals surface area contributed by atoms with E-state index in [0.717, 1.165) is 5.56 Å². The minimum atomic E-state index is -0.885. The Labute approximate surface area is 170 Å². The van der Waals surface area contributed by atoms with Crippen LogP contribution in [0.4, 0.5) is 5.69 Å². The Morgan fingerprint density at radius 1 is 1.21 bits per heavy atom. The van der Waals surface area contributed by atoms with Crippen LogP contribution in [0.2, 0.25) is 0 Å². The number of carbonyl (C=O) groups excluding carboxylic acids is 1. The van der Waals surface area contributed by atoms with E-state index in [1.54, 1.807) is 36.4 Å². The van der Waals surface area contributed by atoms with Crippen LogP contribution in [0.3, 0.4) is 0 Å². The standard InChI is InChI=1S/C20H21N3O4.C2H6/c1-2-14-5-3-6-17(19(14)23-13-21)27-16-10-8-15(9-11-16)20(26)22-12-4-7-18(24)25;1-2/h2-3,5-6,8-11,13H,1,4,7,12H2,(H2,21,23)(H,22,26)(H,24,25);1-2H3. The molecule has 7 heteroatoms. The summed E-state index contributed by atoms with van der Waals surface area (Å²) in [5, 5.41) is 11.3. The summed E-state index contributed by atoms with van der Waals surface area (Å²) in [5.74, 6) is -0.106. The maximum absolute atomic E-state index is 12.0. The Kier molecular flexibility index (Phi) is 10.3. The Balaban J connectivity index is 0.00000204. The molecule has 2 rings (SSSR count). The van der Waals surface area contributed by atoms with E-state index < -0.39 is 5.97 Å². The number of carbonyl (C=O) groups is 2. The van der Waals surface area contributed by atoms with Crippen LogP contribution < -0.4 is 15.8 Å². The average molecular weight is 397 g/mol. The highest BCUT2D eigenvalue weighted by Gasteiger charge is 2.09. The molecule has 0 aromatic heterocycles. The second-order valence-corrected chi connectivity index (χ2v) is 5.56. The molecule has 0 unspecified atom stereocenters. The number of nitrogens with two attached hydrogens (primary N) is 1. The van der Waals surface area contributed by atoms with E-state index in [-0.39, 0.29) is 12.3 Å². The molecule has 0 saturated heterocycles. The Bertz CT molecular complexity index is 846. The van der Waals surface area contributed by atoms with Gasteiger partial charge in [-0.05, 0) is 36.8 Å². The molecule has 2 aromatic rings. The molecular weight excluding hydrogens is 370 g/mol. The van der Waals surface area contributed by atoms with Crippen LogP contribution in [-0.2, 0) is 4.79 Å². The smallest absolute Gasteiger partial charge is 0.303 e. The van der Waals surface area contributed by atoms with Gasteiger partial charge in [0, 0.05) is 24.1 Å². The first-order valence-electron chi connectivity index (χ1n) is 9.32. The number of aliphatic imine (C=N–C) groups is 1. The monoisotopic (exact) mass is 397 g/mol. The van der Waals surface area contributed by atoms with Crippen LogP contribution in [0.1, 0.15) is 42.6 Å². The van der Waals surface area contributed by atoms with Crippen molar-refractivity contribution in [1.82, 2.24) is 5.32 Å². The number of carboxylic acid groups (broad SMARTS) is 1. The van der Waals surface area contributed by atoms with E-state index in [2.05, 4.69) is 16.9 Å². The van der Waals surface area contributed by atoms with Gasteiger partial charge in [-0.15, -0.1) is 0 Å². The molecule has 1 amide bonds. The Morgan fingerprint density at radius 2 is 1.90 bits per heavy atom. The SMILES string of the molecule is C=Cc1cccc(Oc2ccc(C(=O)NCCCC(=O)O)cc2)c1N=CN.CC. The molecule has 0 spiro atoms. The fraction of sp³-hybridized carbons (Fsp3) is 0.227. The van der Waals surface area contributed by atoms with Gasteiger partial charge in [-0.25, -0.2) is 4.99 Å². The summed E-state index contributed by atoms with van der Waals surface area (Å²) >= 11 is 0. The largest absolute Gasteiger partial charge is 0.481 e. The summed E-state index contributed by atoms with van der Waals surface area (Å²) in [4.78, 5) is 26.6. The molecule has 4 N–H and O–H groups in total. The lowest BCUT2D eigenvalue weighted by atomic mass is 10.1. The van der Waals surface area contributed by atoms with Crippen molar-refractivity contribution in [2.45, 2.75) is 26.7 Å². The minimum Gasteiger partial charge on any atom is -0.481 e. The topological polar surface area (TPSA) is 114 Å². The van der Waals surface area contributed by atoms with Gasteiger partial charge in [0.05, 0.1) is 6.34 Å². The first-order valence-corrected chi connectivity index (χ1v) is 9.32. The number of carboxylic acids is 1. The van der Waals surface area contributed by atoms with Crippen LogP contribution in [-0.4, -0.2) is 29.9 Å². The Hall–Kier alpha value is -3.61. The molecule has 0 aliphatic rings. The maximum Gasteiger partial charge on any atom is 0.303 e. The van der Waals surface area contributed by atoms with Crippen molar-refractivity contribution in [2.24, 2.45) is 10.7 Å². The second kappa shape index (κ2) is 12.7. The molecule has 154 valence electrons. The zero-order valence-electron chi connectivity index (χ0n) is 16.7. The molecule has 0 atom stereocenters. The summed E-state index contributed by atoms with van der Waals surface area (Å²) in [5.41, 5.74) is 7.21. The van der Waals surface area contributed by atoms with Gasteiger partial charge >= 0.3 is 5.97 Å². The highest BCUT2D eigenvalue weighted by atomic mass is 16.5. The lowest BCUT2D eigenvalue weighted by molar-refractivity contribution is -0.137. The molecule has 0 heterocycles. The lowest BCUT2D eigenvalue weighted by Gasteiger charge is -2.11. The summed E-state index contributed by atoms with van der Waals surface area (Å²) in [6.45, 7) is 8.05. The van der Waals surface area contributed by atoms with E-state index in [1.165, 1.54) is 6.34 Å². The second-order valence-electron chi connectivity index (χ2n) is 5.56. The van der Waals surface area contributed by atoms with Gasteiger partial charge in [-0.3, -0.25) is 9.59 Å². The number of rotatable bonds is 9. The number of ether oxygens (including phenoxy) is 1. The van der Waals surface area contributed by atoms with E-state index in [1.807, 2.05) is 26.0 Å². The fourth-order valence-electron chi connectivity index (χ4n) is 2.34. The third kappa shape index (κ3) is 7.50. The molecule has 0 bridgehead atoms. The number of aliphatic carboxylic acids is 1. The van der Waals surface area contributed by atoms with Gasteiger partial charge in [-0.1, -0.05) is 38.6 Å². The van der Waals surface area contributed by atoms with E-state index in [0.29, 0.717) is 35.7 Å². The number of amides is 1. The number of nitrogens with zero attached hydrogens (tertiary/aromatic N) is 1. The van der Waals surface area contributed by atoms with Crippen LogP contribution in [0.15, 0.2) is 54.0 Å². The number of hydrogen-bond acceptors (Lipinski definition) is 4. The van der Waals surface area contributed by atoms with Crippen LogP contribution >= 0.6 is 0 Å². The third-order valence-corrected chi connectivity index (χ3v) is 3.65. The zero-order valence-corrected chi connectivity index (χ0v) is 16.7. The zero-order chi connectivity index (χ0) is 21.6. The van der Waals surface area contributed by atoms with E-state index in [9.17, 15) is 9.59 Å². The van der Waals surface area contributed by atoms with Gasteiger partial charge in [0.15, 0.2) is 5.75 Å². The van der Waals surface area contributed by atoms with Gasteiger partial charge in [-0.2, -0.15) is 0 Å². The molecule has 7 nitrogen and oxygen atoms in total. The maximum atomic E-state index is 12.0. The molecule has 0 aliphatic carbocycles. The van der Waals surface area contributed by atoms with Gasteiger partial charge in [0.25, 0.3) is 5.91 Å². The number of benzene rings is 2. The fourth-order valence-corrected chi connectivity index (χ4v) is 2.34. The lowest BCUT2D eigenvalue weighted by Crippen LogP contribution is -2.24. The average Bonchev–Trinajstić information content (AvgIpc) is 2.74. The molecule has 0 fully saturated rings. The molecule has 29 heavy (non-hydrogen) atoms. The van der Waals surface area contributed by atoms with Gasteiger partial charge in [0.1, 0.15) is 11.4 Å². The number of para-hydroxylation sites is 1. The molecule has 0 aliphatic heterocycles. The number of nitrogens with one attached hydrogen (secondary N) is 1. The van der Waals surface area contributed by atoms with Crippen LogP contribution in [0, 0.1) is 0 Å². The highest BCUT2D eigenvalue weighted by Crippen LogP contribution is 2.35. The predicted molar refractivity (Wildman–Crippen MR) is 116 cm³/mol. The van der Waals surface area contributed by atoms with Gasteiger partial charge in [0.2, 0.25) is 0 Å². The first-order chi connectivity index (χ1) is 14.0. The normalized spacial score (nSPS) is 10.0. The third-order valence-electron chi connectivity index (χ3n) is 3.65. The van der Waals surface area contributed by atoms with E-state index >= 15 is 0 Å². The minimum absolute atomic E-state index is 0.0183. The van der Waals surface area contributed by atoms with Gasteiger partial charge < -0.3 is 20.9 Å². The van der Waals surface area contributed by atoms with E-state index in [4.69, 9.17) is 15.6 Å². The summed E-state index contributed by atoms with van der Waals surface area (Å²) in [6.07, 6.45) is 3.25. The number of hydrogen-bond donors (Lipinski definition) is 3. The van der Waals surface area contributed by atoms with Crippen molar-refractivity contribution in [3.63, 3.8) is 0 Å². The predicted octanol–water partition coefficient (Wildman–Crippen LogP) is 4.36. The first kappa shape index (κ1) is 23.4. The van der Waals surface area contributed by atoms with Crippen molar-refractivity contribution < 1.29 is 19.4 Å². The summed E-state index contributed by atoms with van der Waals surface area (Å²) in [7, 11) is 0. The van der Waals surface area contributed by atoms with Crippen molar-refractivity contribution in [3.05, 3.63) is 60.2 Å². The van der Waals surface area contributed by atoms with Crippen molar-refractivity contribution in [1.29, 1.82) is 0 Å². The molecule has 0 saturated carbocycles. The summed E-state index contributed by atoms with van der Waals surface area (Å²) in [6, 6.07) is 12.0. The molecule has 0 radical (unpaired) electrons. The Morgan fingerprint density at radius 3 is 2.48 bits per heavy atom. The van der Waals surface area contributed by atoms with Crippen molar-refractivity contribution >= 4 is 30.0 Å². The van der Waals surface area contributed by atoms with Crippen molar-refractivity contribution in [2.75, 3.05) is 6.54 Å². The quantitative estimate of drug-likeness (QED) is 0.330. The van der Waals surface area contributed by atoms with Crippen LogP contribution in [0.25, 0.3) is 6.08 Å². The summed E-state index contributed by atoms with van der Waals surface area (Å²) < 4.78 is 5.85. The molecular formula is C22H27N3O4. The highest BCUT2D eigenvalue weighted by molar-refractivity contribution is 5.94. The molecule has 2 aromatic carbocycles. The van der Waals surface area contributed by atoms with Crippen molar-refractivity contribution in [3.8, 4) is 11.5 Å². The van der Waals surface area contributed by atoms with Crippen LogP contribution in [0.5, 0.6) is 11.5 Å².